The normalized spacial score (nSPS) is 24.0. The molecule has 0 radical (unpaired) electrons. The molecule has 0 saturated carbocycles. The Kier molecular flexibility index (Phi) is 3.72. The first kappa shape index (κ1) is 10.7. The van der Waals surface area contributed by atoms with Crippen LogP contribution in [0.15, 0.2) is 11.4 Å². The third-order valence-electron chi connectivity index (χ3n) is 2.49. The van der Waals surface area contributed by atoms with Gasteiger partial charge in [0, 0.05) is 18.1 Å². The molecule has 2 heterocycles. The highest BCUT2D eigenvalue weighted by atomic mass is 35.5. The number of hydrogen-bond donors (Lipinski definition) is 0. The summed E-state index contributed by atoms with van der Waals surface area (Å²) in [6.45, 7) is 1.73. The van der Waals surface area contributed by atoms with E-state index in [1.165, 1.54) is 0 Å². The summed E-state index contributed by atoms with van der Waals surface area (Å²) in [5.74, 6) is 0.607. The summed E-state index contributed by atoms with van der Waals surface area (Å²) in [5.41, 5.74) is 0. The molecule has 0 amide bonds. The highest BCUT2D eigenvalue weighted by molar-refractivity contribution is 7.11. The first-order valence-electron chi connectivity index (χ1n) is 4.72. The average Bonchev–Trinajstić information content (AvgIpc) is 2.75. The minimum atomic E-state index is 0.0502. The second kappa shape index (κ2) is 4.84. The van der Waals surface area contributed by atoms with Gasteiger partial charge in [0.1, 0.15) is 0 Å². The molecule has 1 saturated heterocycles. The number of rotatable bonds is 3. The minimum Gasteiger partial charge on any atom is -0.381 e. The fourth-order valence-electron chi connectivity index (χ4n) is 1.70. The zero-order valence-electron chi connectivity index (χ0n) is 7.71. The molecule has 78 valence electrons. The van der Waals surface area contributed by atoms with Gasteiger partial charge in [-0.15, -0.1) is 22.9 Å². The molecule has 2 unspecified atom stereocenters. The zero-order chi connectivity index (χ0) is 9.97. The highest BCUT2D eigenvalue weighted by Crippen LogP contribution is 2.38. The van der Waals surface area contributed by atoms with Crippen molar-refractivity contribution in [3.63, 3.8) is 0 Å². The Morgan fingerprint density at radius 3 is 3.07 bits per heavy atom. The maximum absolute atomic E-state index is 6.30. The predicted octanol–water partition coefficient (Wildman–Crippen LogP) is 4.11. The summed E-state index contributed by atoms with van der Waals surface area (Å²) in [5, 5.41) is 2.83. The van der Waals surface area contributed by atoms with Crippen LogP contribution in [0.4, 0.5) is 0 Å². The van der Waals surface area contributed by atoms with Crippen LogP contribution in [0.25, 0.3) is 0 Å². The van der Waals surface area contributed by atoms with E-state index < -0.39 is 0 Å². The predicted molar refractivity (Wildman–Crippen MR) is 61.5 cm³/mol. The highest BCUT2D eigenvalue weighted by Gasteiger charge is 2.22. The van der Waals surface area contributed by atoms with Crippen molar-refractivity contribution >= 4 is 34.5 Å². The van der Waals surface area contributed by atoms with Gasteiger partial charge in [0.25, 0.3) is 0 Å². The van der Waals surface area contributed by atoms with E-state index in [2.05, 4.69) is 0 Å². The van der Waals surface area contributed by atoms with E-state index in [4.69, 9.17) is 27.9 Å². The van der Waals surface area contributed by atoms with Crippen molar-refractivity contribution in [2.45, 2.75) is 18.2 Å². The summed E-state index contributed by atoms with van der Waals surface area (Å²) in [6, 6.07) is 1.90. The van der Waals surface area contributed by atoms with Crippen LogP contribution in [0.1, 0.15) is 23.1 Å². The molecular weight excluding hydrogens is 239 g/mol. The Morgan fingerprint density at radius 1 is 1.64 bits per heavy atom. The van der Waals surface area contributed by atoms with Crippen molar-refractivity contribution in [2.24, 2.45) is 5.92 Å². The van der Waals surface area contributed by atoms with Gasteiger partial charge < -0.3 is 4.74 Å². The van der Waals surface area contributed by atoms with Gasteiger partial charge in [0.2, 0.25) is 0 Å². The number of hydrogen-bond acceptors (Lipinski definition) is 2. The summed E-state index contributed by atoms with van der Waals surface area (Å²) in [7, 11) is 0. The molecule has 2 rings (SSSR count). The topological polar surface area (TPSA) is 9.23 Å². The van der Waals surface area contributed by atoms with E-state index in [-0.39, 0.29) is 5.38 Å². The van der Waals surface area contributed by atoms with E-state index in [0.717, 1.165) is 36.0 Å². The maximum atomic E-state index is 6.30. The lowest BCUT2D eigenvalue weighted by molar-refractivity contribution is 0.184. The third-order valence-corrected chi connectivity index (χ3v) is 4.49. The van der Waals surface area contributed by atoms with Crippen LogP contribution in [-0.4, -0.2) is 13.2 Å². The Morgan fingerprint density at radius 2 is 2.50 bits per heavy atom. The Bertz CT molecular complexity index is 294. The summed E-state index contributed by atoms with van der Waals surface area (Å²) >= 11 is 14.0. The number of halogens is 2. The van der Waals surface area contributed by atoms with Gasteiger partial charge in [-0.2, -0.15) is 0 Å². The van der Waals surface area contributed by atoms with Gasteiger partial charge in [-0.3, -0.25) is 0 Å². The molecule has 1 nitrogen and oxygen atoms in total. The third kappa shape index (κ3) is 2.43. The van der Waals surface area contributed by atoms with Crippen LogP contribution in [0.2, 0.25) is 5.02 Å². The standard InChI is InChI=1S/C10H12Cl2OS/c11-8-2-4-14-10(8)9(12)5-7-1-3-13-6-7/h2,4,7,9H,1,3,5-6H2. The Hall–Kier alpha value is 0.240. The van der Waals surface area contributed by atoms with Crippen molar-refractivity contribution in [1.29, 1.82) is 0 Å². The van der Waals surface area contributed by atoms with Gasteiger partial charge in [0.05, 0.1) is 10.4 Å². The van der Waals surface area contributed by atoms with Crippen LogP contribution in [0, 0.1) is 5.92 Å². The first-order valence-corrected chi connectivity index (χ1v) is 6.41. The second-order valence-corrected chi connectivity index (χ2v) is 5.45. The Labute approximate surface area is 98.0 Å². The fourth-order valence-corrected chi connectivity index (χ4v) is 3.46. The average molecular weight is 251 g/mol. The van der Waals surface area contributed by atoms with Crippen LogP contribution in [0.5, 0.6) is 0 Å². The molecule has 14 heavy (non-hydrogen) atoms. The van der Waals surface area contributed by atoms with E-state index in [1.807, 2.05) is 11.4 Å². The van der Waals surface area contributed by atoms with Crippen LogP contribution in [-0.2, 0) is 4.74 Å². The molecule has 1 aromatic rings. The Balaban J connectivity index is 1.95. The summed E-state index contributed by atoms with van der Waals surface area (Å²) in [4.78, 5) is 1.10. The van der Waals surface area contributed by atoms with Gasteiger partial charge in [-0.25, -0.2) is 0 Å². The van der Waals surface area contributed by atoms with Crippen molar-refractivity contribution in [3.8, 4) is 0 Å². The SMILES string of the molecule is Clc1ccsc1C(Cl)CC1CCOC1. The molecule has 0 N–H and O–H groups in total. The molecule has 1 aromatic heterocycles. The van der Waals surface area contributed by atoms with E-state index in [1.54, 1.807) is 11.3 Å². The van der Waals surface area contributed by atoms with Gasteiger partial charge in [-0.05, 0) is 30.2 Å². The molecule has 1 aliphatic heterocycles. The lowest BCUT2D eigenvalue weighted by Crippen LogP contribution is -2.02. The molecule has 0 bridgehead atoms. The van der Waals surface area contributed by atoms with Crippen molar-refractivity contribution in [1.82, 2.24) is 0 Å². The minimum absolute atomic E-state index is 0.0502. The van der Waals surface area contributed by atoms with Crippen LogP contribution in [0.3, 0.4) is 0 Å². The largest absolute Gasteiger partial charge is 0.381 e. The van der Waals surface area contributed by atoms with E-state index in [0.29, 0.717) is 5.92 Å². The first-order chi connectivity index (χ1) is 6.77. The molecule has 1 fully saturated rings. The molecule has 0 aromatic carbocycles. The number of alkyl halides is 1. The lowest BCUT2D eigenvalue weighted by Gasteiger charge is -2.12. The van der Waals surface area contributed by atoms with Crippen molar-refractivity contribution in [2.75, 3.05) is 13.2 Å². The fraction of sp³-hybridized carbons (Fsp3) is 0.600. The van der Waals surface area contributed by atoms with Crippen molar-refractivity contribution in [3.05, 3.63) is 21.3 Å². The molecule has 0 spiro atoms. The number of thiophene rings is 1. The maximum Gasteiger partial charge on any atom is 0.0697 e. The molecule has 2 atom stereocenters. The molecular formula is C10H12Cl2OS. The smallest absolute Gasteiger partial charge is 0.0697 e. The molecule has 1 aliphatic rings. The zero-order valence-corrected chi connectivity index (χ0v) is 10.0. The van der Waals surface area contributed by atoms with E-state index in [9.17, 15) is 0 Å². The van der Waals surface area contributed by atoms with Gasteiger partial charge in [0.15, 0.2) is 0 Å². The van der Waals surface area contributed by atoms with Crippen molar-refractivity contribution < 1.29 is 4.74 Å². The van der Waals surface area contributed by atoms with Crippen LogP contribution >= 0.6 is 34.5 Å². The van der Waals surface area contributed by atoms with Gasteiger partial charge >= 0.3 is 0 Å². The molecule has 4 heteroatoms. The summed E-state index contributed by atoms with van der Waals surface area (Å²) < 4.78 is 5.32. The second-order valence-electron chi connectivity index (χ2n) is 3.57. The summed E-state index contributed by atoms with van der Waals surface area (Å²) in [6.07, 6.45) is 2.11. The number of ether oxygens (including phenoxy) is 1. The monoisotopic (exact) mass is 250 g/mol. The van der Waals surface area contributed by atoms with Crippen LogP contribution < -0.4 is 0 Å². The molecule has 0 aliphatic carbocycles. The van der Waals surface area contributed by atoms with Gasteiger partial charge in [-0.1, -0.05) is 11.6 Å². The quantitative estimate of drug-likeness (QED) is 0.734. The van der Waals surface area contributed by atoms with E-state index >= 15 is 0 Å². The lowest BCUT2D eigenvalue weighted by atomic mass is 10.0.